The van der Waals surface area contributed by atoms with Gasteiger partial charge >= 0.3 is 5.97 Å². The second-order valence-electron chi connectivity index (χ2n) is 10.5. The molecule has 0 bridgehead atoms. The second kappa shape index (κ2) is 13.5. The van der Waals surface area contributed by atoms with Gasteiger partial charge in [-0.15, -0.1) is 0 Å². The Morgan fingerprint density at radius 2 is 1.66 bits per heavy atom. The number of benzene rings is 2. The summed E-state index contributed by atoms with van der Waals surface area (Å²) in [7, 11) is 1.31. The Morgan fingerprint density at radius 3 is 2.16 bits per heavy atom. The Labute approximate surface area is 227 Å². The van der Waals surface area contributed by atoms with E-state index in [2.05, 4.69) is 72.2 Å². The molecular formula is C31H44N2O5. The number of methoxy groups -OCH3 is 1. The van der Waals surface area contributed by atoms with E-state index in [1.54, 1.807) is 20.8 Å². The van der Waals surface area contributed by atoms with Crippen LogP contribution in [-0.4, -0.2) is 54.5 Å². The highest BCUT2D eigenvalue weighted by molar-refractivity contribution is 6.07. The van der Waals surface area contributed by atoms with Gasteiger partial charge in [-0.25, -0.2) is 0 Å². The molecule has 0 amide bonds. The highest BCUT2D eigenvalue weighted by Crippen LogP contribution is 2.44. The largest absolute Gasteiger partial charge is 0.471 e. The van der Waals surface area contributed by atoms with Crippen LogP contribution in [0.2, 0.25) is 0 Å². The molecule has 0 aliphatic carbocycles. The molecule has 0 spiro atoms. The minimum absolute atomic E-state index is 0.155. The predicted molar refractivity (Wildman–Crippen MR) is 155 cm³/mol. The minimum atomic E-state index is -0.500. The Bertz CT molecular complexity index is 1230. The average Bonchev–Trinajstić information content (AvgIpc) is 3.18. The number of anilines is 1. The molecular weight excluding hydrogens is 480 g/mol. The van der Waals surface area contributed by atoms with Crippen LogP contribution in [0, 0.1) is 20.8 Å². The lowest BCUT2D eigenvalue weighted by Crippen LogP contribution is -2.37. The van der Waals surface area contributed by atoms with Crippen molar-refractivity contribution >= 4 is 29.0 Å². The van der Waals surface area contributed by atoms with Gasteiger partial charge in [0.2, 0.25) is 0 Å². The molecule has 0 saturated heterocycles. The lowest BCUT2D eigenvalue weighted by atomic mass is 9.88. The van der Waals surface area contributed by atoms with Gasteiger partial charge in [0.05, 0.1) is 30.5 Å². The van der Waals surface area contributed by atoms with Crippen molar-refractivity contribution in [3.05, 3.63) is 52.7 Å². The predicted octanol–water partition coefficient (Wildman–Crippen LogP) is 5.75. The zero-order valence-corrected chi connectivity index (χ0v) is 24.5. The maximum atomic E-state index is 12.3. The van der Waals surface area contributed by atoms with Crippen molar-refractivity contribution in [1.29, 1.82) is 0 Å². The van der Waals surface area contributed by atoms with Gasteiger partial charge in [0.25, 0.3) is 6.47 Å². The van der Waals surface area contributed by atoms with Crippen molar-refractivity contribution < 1.29 is 24.2 Å². The first kappa shape index (κ1) is 30.9. The molecule has 2 aromatic carbocycles. The number of esters is 1. The van der Waals surface area contributed by atoms with E-state index in [9.17, 15) is 4.79 Å². The van der Waals surface area contributed by atoms with Gasteiger partial charge in [-0.3, -0.25) is 9.59 Å². The first-order valence-corrected chi connectivity index (χ1v) is 13.2. The van der Waals surface area contributed by atoms with Crippen LogP contribution in [0.25, 0.3) is 22.0 Å². The lowest BCUT2D eigenvalue weighted by Gasteiger charge is -2.33. The summed E-state index contributed by atoms with van der Waals surface area (Å²) in [6.07, 6.45) is 0.954. The van der Waals surface area contributed by atoms with Crippen LogP contribution in [0.4, 0.5) is 5.69 Å². The summed E-state index contributed by atoms with van der Waals surface area (Å²) in [4.78, 5) is 23.4. The van der Waals surface area contributed by atoms with Crippen molar-refractivity contribution in [1.82, 2.24) is 4.57 Å². The van der Waals surface area contributed by atoms with Crippen LogP contribution in [-0.2, 0) is 32.0 Å². The number of aliphatic hydroxyl groups is 1. The lowest BCUT2D eigenvalue weighted by molar-refractivity contribution is -0.141. The summed E-state index contributed by atoms with van der Waals surface area (Å²) in [5.74, 6) is -0.155. The van der Waals surface area contributed by atoms with Crippen LogP contribution >= 0.6 is 0 Å². The summed E-state index contributed by atoms with van der Waals surface area (Å²) in [6, 6.07) is 11.2. The maximum Gasteiger partial charge on any atom is 0.325 e. The van der Waals surface area contributed by atoms with Crippen molar-refractivity contribution in [2.75, 3.05) is 31.7 Å². The fraction of sp³-hybridized carbons (Fsp3) is 0.484. The van der Waals surface area contributed by atoms with E-state index < -0.39 is 5.60 Å². The molecule has 7 nitrogen and oxygen atoms in total. The molecule has 0 unspecified atom stereocenters. The van der Waals surface area contributed by atoms with E-state index in [0.29, 0.717) is 19.6 Å². The Hall–Kier alpha value is -3.32. The molecule has 4 rings (SSSR count). The molecule has 0 fully saturated rings. The highest BCUT2D eigenvalue weighted by atomic mass is 16.5. The van der Waals surface area contributed by atoms with Crippen molar-refractivity contribution in [3.63, 3.8) is 0 Å². The number of aromatic nitrogens is 1. The smallest absolute Gasteiger partial charge is 0.325 e. The minimum Gasteiger partial charge on any atom is -0.471 e. The van der Waals surface area contributed by atoms with Crippen molar-refractivity contribution in [2.45, 2.75) is 74.0 Å². The molecule has 0 atom stereocenters. The first-order chi connectivity index (χ1) is 17.9. The monoisotopic (exact) mass is 524 g/mol. The van der Waals surface area contributed by atoms with Crippen LogP contribution < -0.4 is 4.90 Å². The van der Waals surface area contributed by atoms with Gasteiger partial charge in [0.15, 0.2) is 0 Å². The number of aryl methyl sites for hydroxylation is 2. The third-order valence-corrected chi connectivity index (χ3v) is 6.23. The quantitative estimate of drug-likeness (QED) is 0.327. The van der Waals surface area contributed by atoms with Gasteiger partial charge in [0.1, 0.15) is 6.54 Å². The van der Waals surface area contributed by atoms with Crippen LogP contribution in [0.15, 0.2) is 30.3 Å². The topological polar surface area (TPSA) is 81.0 Å². The SMILES string of the molecule is CC(C)(C)O.CCOC(=O)CN1CCn2c(C)cc3c(-c4ccc(C)cc4)c(CC)c(C)c1c32.COC=O. The van der Waals surface area contributed by atoms with Gasteiger partial charge < -0.3 is 24.0 Å². The molecule has 7 heteroatoms. The van der Waals surface area contributed by atoms with Gasteiger partial charge in [-0.2, -0.15) is 0 Å². The number of carbonyl (C=O) groups excluding carboxylic acids is 2. The zero-order valence-electron chi connectivity index (χ0n) is 24.5. The average molecular weight is 525 g/mol. The van der Waals surface area contributed by atoms with Gasteiger partial charge in [-0.05, 0) is 83.2 Å². The van der Waals surface area contributed by atoms with E-state index in [1.165, 1.54) is 57.2 Å². The summed E-state index contributed by atoms with van der Waals surface area (Å²) >= 11 is 0. The number of hydrogen-bond acceptors (Lipinski definition) is 6. The van der Waals surface area contributed by atoms with E-state index >= 15 is 0 Å². The standard InChI is InChI=1S/C25H30N2O2.C4H10O.C2H4O2/c1-6-20-18(5)24-25-21(23(20)19-10-8-16(3)9-11-19)14-17(4)27(25)13-12-26(24)15-22(28)29-7-2;1-4(2,3)5;1-4-2-3/h8-11,14H,6-7,12-13,15H2,1-5H3;5H,1-3H3;2H,1H3. The van der Waals surface area contributed by atoms with Gasteiger partial charge in [0, 0.05) is 24.2 Å². The van der Waals surface area contributed by atoms with Crippen molar-refractivity contribution in [2.24, 2.45) is 0 Å². The normalized spacial score (nSPS) is 12.2. The van der Waals surface area contributed by atoms with E-state index in [4.69, 9.17) is 14.6 Å². The number of carbonyl (C=O) groups is 2. The first-order valence-electron chi connectivity index (χ1n) is 13.2. The Balaban J connectivity index is 0.000000489. The van der Waals surface area contributed by atoms with Crippen LogP contribution in [0.5, 0.6) is 0 Å². The fourth-order valence-corrected chi connectivity index (χ4v) is 4.81. The number of ether oxygens (including phenoxy) is 2. The number of hydrogen-bond donors (Lipinski definition) is 1. The van der Waals surface area contributed by atoms with E-state index in [1.807, 2.05) is 6.92 Å². The molecule has 2 heterocycles. The molecule has 0 saturated carbocycles. The number of rotatable bonds is 6. The van der Waals surface area contributed by atoms with E-state index in [-0.39, 0.29) is 5.97 Å². The zero-order chi connectivity index (χ0) is 28.6. The molecule has 208 valence electrons. The molecule has 38 heavy (non-hydrogen) atoms. The summed E-state index contributed by atoms with van der Waals surface area (Å²) in [6.45, 7) is 18.6. The molecule has 1 N–H and O–H groups in total. The molecule has 0 radical (unpaired) electrons. The van der Waals surface area contributed by atoms with Crippen LogP contribution in [0.3, 0.4) is 0 Å². The Kier molecular flexibility index (Phi) is 11.0. The highest BCUT2D eigenvalue weighted by Gasteiger charge is 2.28. The van der Waals surface area contributed by atoms with Crippen LogP contribution in [0.1, 0.15) is 57.0 Å². The summed E-state index contributed by atoms with van der Waals surface area (Å²) in [5.41, 5.74) is 9.74. The van der Waals surface area contributed by atoms with Gasteiger partial charge in [-0.1, -0.05) is 36.8 Å². The third-order valence-electron chi connectivity index (χ3n) is 6.23. The summed E-state index contributed by atoms with van der Waals surface area (Å²) in [5, 5.41) is 9.81. The molecule has 1 aliphatic heterocycles. The molecule has 1 aromatic heterocycles. The second-order valence-corrected chi connectivity index (χ2v) is 10.5. The third kappa shape index (κ3) is 7.60. The summed E-state index contributed by atoms with van der Waals surface area (Å²) < 4.78 is 11.5. The van der Waals surface area contributed by atoms with E-state index in [0.717, 1.165) is 19.5 Å². The van der Waals surface area contributed by atoms with Crippen molar-refractivity contribution in [3.8, 4) is 11.1 Å². The number of nitrogens with zero attached hydrogens (tertiary/aromatic N) is 2. The molecule has 3 aromatic rings. The fourth-order valence-electron chi connectivity index (χ4n) is 4.81. The maximum absolute atomic E-state index is 12.3. The Morgan fingerprint density at radius 1 is 1.08 bits per heavy atom. The molecule has 1 aliphatic rings.